The van der Waals surface area contributed by atoms with Gasteiger partial charge >= 0.3 is 0 Å². The quantitative estimate of drug-likeness (QED) is 0.154. The molecular weight excluding hydrogens is 607 g/mol. The van der Waals surface area contributed by atoms with E-state index < -0.39 is 20.7 Å². The first kappa shape index (κ1) is 26.9. The van der Waals surface area contributed by atoms with Gasteiger partial charge in [-0.15, -0.1) is 6.42 Å². The molecule has 0 spiro atoms. The number of methoxy groups -OCH3 is 1. The number of likely N-dealkylation sites (N-methyl/N-ethyl adjacent to an activating group) is 2. The van der Waals surface area contributed by atoms with Crippen LogP contribution in [0.1, 0.15) is 17.5 Å². The maximum atomic E-state index is 12.1. The minimum Gasteiger partial charge on any atom is -0.494 e. The zero-order valence-corrected chi connectivity index (χ0v) is 24.7. The number of halogens is 1. The smallest absolute Gasteiger partial charge is 0.294 e. The highest BCUT2D eigenvalue weighted by molar-refractivity contribution is 14.2. The summed E-state index contributed by atoms with van der Waals surface area (Å²) in [5.74, 6) is 3.34. The number of aryl methyl sites for hydroxylation is 2. The standard InChI is InChI=1S/C29H31IN6O3/c1-6-19-17-30-29(32-27(19)22-18-35-12-8-10-20-9-7-11-21(22)28(20)35)31-23-15-25(36(37)38)24(16-26(23)39-5)34(4)14-13-33(2)3/h1,7,9,11,15-18H,8,10,12-14H2,2-5H3,(H,31,32). The molecule has 0 atom stereocenters. The minimum absolute atomic E-state index is 0.00668. The van der Waals surface area contributed by atoms with Gasteiger partial charge in [-0.25, -0.2) is 4.99 Å². The molecule has 9 nitrogen and oxygen atoms in total. The van der Waals surface area contributed by atoms with Gasteiger partial charge in [0.15, 0.2) is 3.76 Å². The fourth-order valence-corrected chi connectivity index (χ4v) is 6.91. The molecule has 0 saturated heterocycles. The van der Waals surface area contributed by atoms with Gasteiger partial charge in [0.1, 0.15) is 11.4 Å². The van der Waals surface area contributed by atoms with Crippen molar-refractivity contribution in [3.05, 3.63) is 67.4 Å². The Morgan fingerprint density at radius 1 is 1.28 bits per heavy atom. The number of para-hydroxylation sites is 1. The van der Waals surface area contributed by atoms with E-state index in [2.05, 4.69) is 44.3 Å². The third-order valence-electron chi connectivity index (χ3n) is 6.99. The van der Waals surface area contributed by atoms with Gasteiger partial charge in [0.2, 0.25) is 0 Å². The third kappa shape index (κ3) is 5.29. The molecule has 2 aromatic carbocycles. The highest BCUT2D eigenvalue weighted by Gasteiger charge is 2.25. The number of aromatic nitrogens is 1. The van der Waals surface area contributed by atoms with Crippen LogP contribution >= 0.6 is 20.7 Å². The molecule has 3 heterocycles. The van der Waals surface area contributed by atoms with E-state index >= 15 is 0 Å². The number of rotatable bonds is 9. The molecule has 0 fully saturated rings. The number of hydrogen-bond acceptors (Lipinski definition) is 7. The van der Waals surface area contributed by atoms with Crippen molar-refractivity contribution < 1.29 is 9.66 Å². The lowest BCUT2D eigenvalue weighted by Gasteiger charge is -2.23. The number of nitrogens with zero attached hydrogens (tertiary/aromatic N) is 5. The van der Waals surface area contributed by atoms with Crippen LogP contribution in [0.2, 0.25) is 0 Å². The summed E-state index contributed by atoms with van der Waals surface area (Å²) in [6, 6.07) is 9.66. The Labute approximate surface area is 238 Å². The van der Waals surface area contributed by atoms with Crippen molar-refractivity contribution in [1.29, 1.82) is 0 Å². The van der Waals surface area contributed by atoms with E-state index in [4.69, 9.17) is 16.2 Å². The number of nitro benzene ring substituents is 1. The summed E-state index contributed by atoms with van der Waals surface area (Å²) in [6.07, 6.45) is 10.2. The number of nitrogens with one attached hydrogen (secondary N) is 1. The van der Waals surface area contributed by atoms with Crippen LogP contribution in [0.4, 0.5) is 17.1 Å². The van der Waals surface area contributed by atoms with Gasteiger partial charge < -0.3 is 24.4 Å². The average Bonchev–Trinajstić information content (AvgIpc) is 3.31. The van der Waals surface area contributed by atoms with Crippen LogP contribution in [0, 0.1) is 22.5 Å². The SMILES string of the molecule is C#CC1=CI=C(Nc2cc([N+](=O)[O-])c(N(C)CCN(C)C)cc2OC)N=C1c1cn2c3c(cccc13)CCC2. The number of allylic oxidation sites excluding steroid dienone is 1. The van der Waals surface area contributed by atoms with E-state index in [1.807, 2.05) is 30.9 Å². The molecule has 0 radical (unpaired) electrons. The molecule has 10 heteroatoms. The van der Waals surface area contributed by atoms with E-state index in [1.165, 1.54) is 17.1 Å². The van der Waals surface area contributed by atoms with Crippen LogP contribution in [-0.2, 0) is 13.0 Å². The van der Waals surface area contributed by atoms with Crippen molar-refractivity contribution in [1.82, 2.24) is 9.47 Å². The fourth-order valence-electron chi connectivity index (χ4n) is 5.00. The molecule has 3 aromatic rings. The van der Waals surface area contributed by atoms with E-state index in [9.17, 15) is 10.1 Å². The van der Waals surface area contributed by atoms with E-state index in [-0.39, 0.29) is 10.6 Å². The maximum absolute atomic E-state index is 12.1. The zero-order valence-electron chi connectivity index (χ0n) is 22.5. The molecule has 0 bridgehead atoms. The van der Waals surface area contributed by atoms with Crippen LogP contribution in [0.25, 0.3) is 10.9 Å². The predicted octanol–water partition coefficient (Wildman–Crippen LogP) is 4.99. The first-order chi connectivity index (χ1) is 18.8. The van der Waals surface area contributed by atoms with Gasteiger partial charge in [0, 0.05) is 56.0 Å². The van der Waals surface area contributed by atoms with Crippen molar-refractivity contribution in [3.8, 4) is 18.1 Å². The number of terminal acetylenes is 1. The number of nitro groups is 1. The van der Waals surface area contributed by atoms with Gasteiger partial charge in [-0.05, 0) is 57.3 Å². The largest absolute Gasteiger partial charge is 0.494 e. The summed E-state index contributed by atoms with van der Waals surface area (Å²) < 4.78 is 10.8. The van der Waals surface area contributed by atoms with E-state index in [0.29, 0.717) is 23.7 Å². The topological polar surface area (TPSA) is 88.2 Å². The van der Waals surface area contributed by atoms with Crippen LogP contribution in [0.15, 0.2) is 51.2 Å². The Balaban J connectivity index is 1.53. The van der Waals surface area contributed by atoms with Crippen LogP contribution in [0.3, 0.4) is 0 Å². The second kappa shape index (κ2) is 11.2. The highest BCUT2D eigenvalue weighted by atomic mass is 127. The number of benzene rings is 2. The highest BCUT2D eigenvalue weighted by Crippen LogP contribution is 2.39. The second-order valence-electron chi connectivity index (χ2n) is 9.83. The third-order valence-corrected chi connectivity index (χ3v) is 9.03. The molecule has 2 aliphatic heterocycles. The van der Waals surface area contributed by atoms with Gasteiger partial charge in [0.05, 0.1) is 34.5 Å². The summed E-state index contributed by atoms with van der Waals surface area (Å²) in [4.78, 5) is 20.6. The summed E-state index contributed by atoms with van der Waals surface area (Å²) in [5.41, 5.74) is 6.15. The lowest BCUT2D eigenvalue weighted by molar-refractivity contribution is -0.384. The van der Waals surface area contributed by atoms with Crippen molar-refractivity contribution in [3.63, 3.8) is 0 Å². The van der Waals surface area contributed by atoms with Gasteiger partial charge in [-0.3, -0.25) is 10.1 Å². The first-order valence-corrected chi connectivity index (χ1v) is 15.0. The molecule has 0 amide bonds. The van der Waals surface area contributed by atoms with Crippen molar-refractivity contribution in [2.75, 3.05) is 51.6 Å². The number of hydrogen-bond donors (Lipinski definition) is 1. The molecule has 0 unspecified atom stereocenters. The van der Waals surface area contributed by atoms with Gasteiger partial charge in [-0.2, -0.15) is 0 Å². The summed E-state index contributed by atoms with van der Waals surface area (Å²) in [7, 11) is 7.36. The second-order valence-corrected chi connectivity index (χ2v) is 12.1. The number of ether oxygens (including phenoxy) is 1. The Kier molecular flexibility index (Phi) is 7.72. The van der Waals surface area contributed by atoms with Gasteiger partial charge in [-0.1, -0.05) is 24.1 Å². The molecule has 2 aliphatic rings. The normalized spacial score (nSPS) is 14.6. The Morgan fingerprint density at radius 3 is 2.82 bits per heavy atom. The summed E-state index contributed by atoms with van der Waals surface area (Å²) in [6.45, 7) is 2.36. The van der Waals surface area contributed by atoms with Crippen LogP contribution in [-0.4, -0.2) is 65.2 Å². The molecular formula is C29H31IN6O3. The molecule has 0 saturated carbocycles. The number of aliphatic imine (C=N–C) groups is 1. The van der Waals surface area contributed by atoms with Crippen LogP contribution < -0.4 is 15.0 Å². The minimum atomic E-state index is -0.690. The molecule has 0 aliphatic carbocycles. The number of anilines is 2. The molecule has 1 N–H and O–H groups in total. The fraction of sp³-hybridized carbons (Fsp3) is 0.310. The molecule has 39 heavy (non-hydrogen) atoms. The average molecular weight is 639 g/mol. The van der Waals surface area contributed by atoms with Crippen molar-refractivity contribution in [2.24, 2.45) is 4.99 Å². The first-order valence-electron chi connectivity index (χ1n) is 12.7. The monoisotopic (exact) mass is 638 g/mol. The van der Waals surface area contributed by atoms with Crippen molar-refractivity contribution >= 4 is 58.2 Å². The maximum Gasteiger partial charge on any atom is 0.294 e. The lowest BCUT2D eigenvalue weighted by Crippen LogP contribution is -2.29. The zero-order chi connectivity index (χ0) is 27.7. The lowest BCUT2D eigenvalue weighted by atomic mass is 9.99. The van der Waals surface area contributed by atoms with Crippen LogP contribution in [0.5, 0.6) is 5.75 Å². The van der Waals surface area contributed by atoms with E-state index in [1.54, 1.807) is 13.2 Å². The Hall–Kier alpha value is -3.69. The molecule has 5 rings (SSSR count). The summed E-state index contributed by atoms with van der Waals surface area (Å²) in [5, 5.41) is 16.5. The summed E-state index contributed by atoms with van der Waals surface area (Å²) >= 11 is -0.690. The van der Waals surface area contributed by atoms with Crippen molar-refractivity contribution in [2.45, 2.75) is 19.4 Å². The predicted molar refractivity (Wildman–Crippen MR) is 168 cm³/mol. The molecule has 202 valence electrons. The van der Waals surface area contributed by atoms with E-state index in [0.717, 1.165) is 51.9 Å². The van der Waals surface area contributed by atoms with Gasteiger partial charge in [0.25, 0.3) is 5.69 Å². The molecule has 1 aromatic heterocycles. The Morgan fingerprint density at radius 2 is 2.10 bits per heavy atom. The Bertz CT molecular complexity index is 1590.